The Morgan fingerprint density at radius 2 is 2.26 bits per heavy atom. The van der Waals surface area contributed by atoms with Gasteiger partial charge in [0.15, 0.2) is 0 Å². The lowest BCUT2D eigenvalue weighted by Gasteiger charge is -2.16. The van der Waals surface area contributed by atoms with E-state index in [1.165, 1.54) is 5.56 Å². The summed E-state index contributed by atoms with van der Waals surface area (Å²) in [5.41, 5.74) is 8.39. The standard InChI is InChI=1S/C13H14N4O2/c1-7-15-12(17-19-7)13(18)16-10-6-8-4-2-3-5-9(8)11(10)14/h2-5,10-11H,6,14H2,1H3,(H,16,18)/t10-,11-/m1/s1. The van der Waals surface area contributed by atoms with E-state index >= 15 is 0 Å². The number of nitrogens with one attached hydrogen (secondary N) is 1. The minimum atomic E-state index is -0.356. The number of carbonyl (C=O) groups is 1. The number of benzene rings is 1. The molecule has 1 aromatic carbocycles. The molecule has 0 saturated heterocycles. The molecular formula is C13H14N4O2. The number of nitrogens with two attached hydrogens (primary N) is 1. The number of nitrogens with zero attached hydrogens (tertiary/aromatic N) is 2. The molecule has 2 aromatic rings. The lowest BCUT2D eigenvalue weighted by Crippen LogP contribution is -2.41. The second-order valence-corrected chi connectivity index (χ2v) is 4.65. The monoisotopic (exact) mass is 258 g/mol. The van der Waals surface area contributed by atoms with Crippen molar-refractivity contribution in [3.05, 3.63) is 47.1 Å². The van der Waals surface area contributed by atoms with Crippen LogP contribution in [0.3, 0.4) is 0 Å². The van der Waals surface area contributed by atoms with E-state index < -0.39 is 0 Å². The molecule has 3 rings (SSSR count). The first-order chi connectivity index (χ1) is 9.15. The van der Waals surface area contributed by atoms with E-state index in [0.717, 1.165) is 12.0 Å². The molecular weight excluding hydrogens is 244 g/mol. The lowest BCUT2D eigenvalue weighted by atomic mass is 10.1. The zero-order valence-corrected chi connectivity index (χ0v) is 10.5. The van der Waals surface area contributed by atoms with Crippen LogP contribution in [0.25, 0.3) is 0 Å². The highest BCUT2D eigenvalue weighted by Gasteiger charge is 2.31. The van der Waals surface area contributed by atoms with Gasteiger partial charge in [-0.3, -0.25) is 4.79 Å². The van der Waals surface area contributed by atoms with Gasteiger partial charge < -0.3 is 15.6 Å². The van der Waals surface area contributed by atoms with Gasteiger partial charge in [0.05, 0.1) is 12.1 Å². The zero-order valence-electron chi connectivity index (χ0n) is 10.5. The summed E-state index contributed by atoms with van der Waals surface area (Å²) < 4.78 is 4.79. The fourth-order valence-corrected chi connectivity index (χ4v) is 2.39. The maximum absolute atomic E-state index is 12.0. The van der Waals surface area contributed by atoms with Gasteiger partial charge in [-0.2, -0.15) is 4.98 Å². The third kappa shape index (κ3) is 2.10. The molecule has 1 amide bonds. The molecule has 1 aromatic heterocycles. The molecule has 0 unspecified atom stereocenters. The van der Waals surface area contributed by atoms with Crippen molar-refractivity contribution >= 4 is 5.91 Å². The summed E-state index contributed by atoms with van der Waals surface area (Å²) in [5.74, 6) is 0.0509. The Hall–Kier alpha value is -2.21. The Morgan fingerprint density at radius 3 is 2.95 bits per heavy atom. The fourth-order valence-electron chi connectivity index (χ4n) is 2.39. The highest BCUT2D eigenvalue weighted by atomic mass is 16.5. The molecule has 19 heavy (non-hydrogen) atoms. The molecule has 3 N–H and O–H groups in total. The number of rotatable bonds is 2. The average Bonchev–Trinajstić information content (AvgIpc) is 2.96. The van der Waals surface area contributed by atoms with Gasteiger partial charge >= 0.3 is 0 Å². The van der Waals surface area contributed by atoms with Gasteiger partial charge in [-0.1, -0.05) is 29.4 Å². The van der Waals surface area contributed by atoms with Crippen molar-refractivity contribution in [1.82, 2.24) is 15.5 Å². The zero-order chi connectivity index (χ0) is 13.4. The van der Waals surface area contributed by atoms with Gasteiger partial charge in [-0.25, -0.2) is 0 Å². The van der Waals surface area contributed by atoms with E-state index in [1.54, 1.807) is 6.92 Å². The van der Waals surface area contributed by atoms with Crippen molar-refractivity contribution in [1.29, 1.82) is 0 Å². The van der Waals surface area contributed by atoms with Crippen molar-refractivity contribution in [2.75, 3.05) is 0 Å². The molecule has 0 fully saturated rings. The molecule has 1 aliphatic rings. The van der Waals surface area contributed by atoms with Crippen LogP contribution in [0.4, 0.5) is 0 Å². The van der Waals surface area contributed by atoms with Crippen LogP contribution >= 0.6 is 0 Å². The topological polar surface area (TPSA) is 94.0 Å². The third-order valence-electron chi connectivity index (χ3n) is 3.33. The number of aromatic nitrogens is 2. The summed E-state index contributed by atoms with van der Waals surface area (Å²) in [7, 11) is 0. The first-order valence-corrected chi connectivity index (χ1v) is 6.09. The summed E-state index contributed by atoms with van der Waals surface area (Å²) in [6, 6.07) is 7.60. The molecule has 2 atom stereocenters. The first-order valence-electron chi connectivity index (χ1n) is 6.09. The van der Waals surface area contributed by atoms with Crippen LogP contribution in [0.1, 0.15) is 33.7 Å². The Labute approximate surface area is 110 Å². The smallest absolute Gasteiger partial charge is 0.292 e. The van der Waals surface area contributed by atoms with Crippen molar-refractivity contribution in [3.8, 4) is 0 Å². The largest absolute Gasteiger partial charge is 0.344 e. The van der Waals surface area contributed by atoms with Gasteiger partial charge in [-0.05, 0) is 17.5 Å². The Balaban J connectivity index is 1.74. The number of aryl methyl sites for hydroxylation is 1. The summed E-state index contributed by atoms with van der Waals surface area (Å²) >= 11 is 0. The number of hydrogen-bond acceptors (Lipinski definition) is 5. The summed E-state index contributed by atoms with van der Waals surface area (Å²) in [4.78, 5) is 15.9. The normalized spacial score (nSPS) is 21.2. The third-order valence-corrected chi connectivity index (χ3v) is 3.33. The fraction of sp³-hybridized carbons (Fsp3) is 0.308. The summed E-state index contributed by atoms with van der Waals surface area (Å²) in [6.07, 6.45) is 0.722. The Morgan fingerprint density at radius 1 is 1.47 bits per heavy atom. The van der Waals surface area contributed by atoms with Crippen LogP contribution < -0.4 is 11.1 Å². The van der Waals surface area contributed by atoms with Crippen molar-refractivity contribution in [3.63, 3.8) is 0 Å². The van der Waals surface area contributed by atoms with Gasteiger partial charge in [0.2, 0.25) is 5.89 Å². The molecule has 0 bridgehead atoms. The minimum absolute atomic E-state index is 0.0423. The van der Waals surface area contributed by atoms with E-state index in [4.69, 9.17) is 10.3 Å². The van der Waals surface area contributed by atoms with E-state index in [0.29, 0.717) is 5.89 Å². The molecule has 0 aliphatic heterocycles. The molecule has 6 heteroatoms. The maximum Gasteiger partial charge on any atom is 0.292 e. The molecule has 1 heterocycles. The SMILES string of the molecule is Cc1nc(C(=O)N[C@@H]2Cc3ccccc3[C@H]2N)no1. The molecule has 0 saturated carbocycles. The van der Waals surface area contributed by atoms with Crippen LogP contribution in [0.5, 0.6) is 0 Å². The van der Waals surface area contributed by atoms with E-state index in [2.05, 4.69) is 15.5 Å². The predicted octanol–water partition coefficient (Wildman–Crippen LogP) is 0.733. The molecule has 0 radical (unpaired) electrons. The van der Waals surface area contributed by atoms with Gasteiger partial charge in [0.1, 0.15) is 0 Å². The number of carbonyl (C=O) groups excluding carboxylic acids is 1. The van der Waals surface area contributed by atoms with E-state index in [-0.39, 0.29) is 23.8 Å². The highest BCUT2D eigenvalue weighted by molar-refractivity contribution is 5.90. The first kappa shape index (κ1) is 11.9. The number of fused-ring (bicyclic) bond motifs is 1. The van der Waals surface area contributed by atoms with Crippen LogP contribution in [0.2, 0.25) is 0 Å². The number of amides is 1. The quantitative estimate of drug-likeness (QED) is 0.828. The van der Waals surface area contributed by atoms with Crippen LogP contribution in [-0.4, -0.2) is 22.1 Å². The second-order valence-electron chi connectivity index (χ2n) is 4.65. The van der Waals surface area contributed by atoms with Crippen LogP contribution in [-0.2, 0) is 6.42 Å². The minimum Gasteiger partial charge on any atom is -0.344 e. The Bertz CT molecular complexity index is 623. The van der Waals surface area contributed by atoms with E-state index in [1.807, 2.05) is 24.3 Å². The average molecular weight is 258 g/mol. The van der Waals surface area contributed by atoms with Crippen LogP contribution in [0, 0.1) is 6.92 Å². The Kier molecular flexibility index (Phi) is 2.79. The van der Waals surface area contributed by atoms with Crippen molar-refractivity contribution in [2.45, 2.75) is 25.4 Å². The van der Waals surface area contributed by atoms with Gasteiger partial charge in [0.25, 0.3) is 11.7 Å². The van der Waals surface area contributed by atoms with E-state index in [9.17, 15) is 4.79 Å². The van der Waals surface area contributed by atoms with Crippen molar-refractivity contribution < 1.29 is 9.32 Å². The second kappa shape index (κ2) is 4.47. The molecule has 98 valence electrons. The molecule has 6 nitrogen and oxygen atoms in total. The van der Waals surface area contributed by atoms with Crippen molar-refractivity contribution in [2.24, 2.45) is 5.73 Å². The summed E-state index contributed by atoms with van der Waals surface area (Å²) in [6.45, 7) is 1.64. The molecule has 0 spiro atoms. The lowest BCUT2D eigenvalue weighted by molar-refractivity contribution is 0.0920. The van der Waals surface area contributed by atoms with Crippen LogP contribution in [0.15, 0.2) is 28.8 Å². The van der Waals surface area contributed by atoms with Gasteiger partial charge in [-0.15, -0.1) is 0 Å². The predicted molar refractivity (Wildman–Crippen MR) is 67.4 cm³/mol. The highest BCUT2D eigenvalue weighted by Crippen LogP contribution is 2.29. The maximum atomic E-state index is 12.0. The molecule has 1 aliphatic carbocycles. The number of hydrogen-bond donors (Lipinski definition) is 2. The van der Waals surface area contributed by atoms with Gasteiger partial charge in [0, 0.05) is 6.92 Å². The summed E-state index contributed by atoms with van der Waals surface area (Å²) in [5, 5.41) is 6.45.